The van der Waals surface area contributed by atoms with Crippen molar-refractivity contribution in [3.8, 4) is 0 Å². The molecular formula is C26H33N3O4S. The Morgan fingerprint density at radius 3 is 2.35 bits per heavy atom. The van der Waals surface area contributed by atoms with Crippen LogP contribution in [-0.2, 0) is 32.6 Å². The van der Waals surface area contributed by atoms with Crippen LogP contribution >= 0.6 is 0 Å². The summed E-state index contributed by atoms with van der Waals surface area (Å²) in [6, 6.07) is 14.5. The predicted molar refractivity (Wildman–Crippen MR) is 132 cm³/mol. The van der Waals surface area contributed by atoms with Crippen molar-refractivity contribution < 1.29 is 18.0 Å². The quantitative estimate of drug-likeness (QED) is 0.616. The molecule has 2 aromatic rings. The summed E-state index contributed by atoms with van der Waals surface area (Å²) in [6.07, 6.45) is 6.33. The smallest absolute Gasteiger partial charge is 0.243 e. The first kappa shape index (κ1) is 24.4. The van der Waals surface area contributed by atoms with Crippen LogP contribution in [0.2, 0.25) is 0 Å². The lowest BCUT2D eigenvalue weighted by Crippen LogP contribution is -2.35. The summed E-state index contributed by atoms with van der Waals surface area (Å²) in [5.41, 5.74) is 2.64. The SMILES string of the molecule is O=C(CCc1ccc(S(=O)(=O)N2CCCCC2)cc1)Nc1cccc(CN2CCCCC2=O)c1. The largest absolute Gasteiger partial charge is 0.338 e. The van der Waals surface area contributed by atoms with Crippen molar-refractivity contribution in [2.45, 2.75) is 62.8 Å². The van der Waals surface area contributed by atoms with E-state index in [1.165, 1.54) is 0 Å². The molecule has 2 heterocycles. The van der Waals surface area contributed by atoms with Gasteiger partial charge in [0.1, 0.15) is 0 Å². The molecule has 0 atom stereocenters. The van der Waals surface area contributed by atoms with Gasteiger partial charge in [0.2, 0.25) is 21.8 Å². The Kier molecular flexibility index (Phi) is 8.00. The number of nitrogens with one attached hydrogen (secondary N) is 1. The van der Waals surface area contributed by atoms with Crippen LogP contribution in [0.15, 0.2) is 53.4 Å². The number of aryl methyl sites for hydroxylation is 1. The van der Waals surface area contributed by atoms with Crippen LogP contribution < -0.4 is 5.32 Å². The molecule has 0 radical (unpaired) electrons. The van der Waals surface area contributed by atoms with Crippen LogP contribution in [0, 0.1) is 0 Å². The zero-order valence-electron chi connectivity index (χ0n) is 19.5. The molecule has 182 valence electrons. The number of amides is 2. The van der Waals surface area contributed by atoms with Gasteiger partial charge in [-0.05, 0) is 67.5 Å². The Hall–Kier alpha value is -2.71. The van der Waals surface area contributed by atoms with Crippen LogP contribution in [0.25, 0.3) is 0 Å². The highest BCUT2D eigenvalue weighted by Crippen LogP contribution is 2.21. The minimum absolute atomic E-state index is 0.101. The van der Waals surface area contributed by atoms with Crippen molar-refractivity contribution in [3.63, 3.8) is 0 Å². The van der Waals surface area contributed by atoms with Crippen LogP contribution in [0.1, 0.15) is 56.1 Å². The Balaban J connectivity index is 1.29. The van der Waals surface area contributed by atoms with Crippen LogP contribution in [0.5, 0.6) is 0 Å². The molecule has 2 aliphatic heterocycles. The predicted octanol–water partition coefficient (Wildman–Crippen LogP) is 3.95. The standard InChI is InChI=1S/C26H33N3O4S/c30-25(27-23-8-6-7-22(19-23)20-28-16-5-2-9-26(28)31)15-12-21-10-13-24(14-11-21)34(32,33)29-17-3-1-4-18-29/h6-8,10-11,13-14,19H,1-5,9,12,15-18,20H2,(H,27,30). The molecule has 7 nitrogen and oxygen atoms in total. The molecule has 2 aliphatic rings. The molecule has 0 bridgehead atoms. The van der Waals surface area contributed by atoms with Gasteiger partial charge < -0.3 is 10.2 Å². The number of carbonyl (C=O) groups excluding carboxylic acids is 2. The van der Waals surface area contributed by atoms with Crippen molar-refractivity contribution in [1.82, 2.24) is 9.21 Å². The molecule has 0 unspecified atom stereocenters. The maximum absolute atomic E-state index is 12.8. The highest BCUT2D eigenvalue weighted by Gasteiger charge is 2.25. The van der Waals surface area contributed by atoms with Gasteiger partial charge in [-0.1, -0.05) is 30.7 Å². The van der Waals surface area contributed by atoms with Gasteiger partial charge in [0.05, 0.1) is 4.90 Å². The lowest BCUT2D eigenvalue weighted by atomic mass is 10.1. The summed E-state index contributed by atoms with van der Waals surface area (Å²) in [7, 11) is -3.44. The maximum atomic E-state index is 12.8. The Labute approximate surface area is 202 Å². The summed E-state index contributed by atoms with van der Waals surface area (Å²) < 4.78 is 27.1. The van der Waals surface area contributed by atoms with Crippen LogP contribution in [-0.4, -0.2) is 49.1 Å². The fourth-order valence-electron chi connectivity index (χ4n) is 4.56. The van der Waals surface area contributed by atoms with E-state index in [4.69, 9.17) is 0 Å². The second kappa shape index (κ2) is 11.1. The van der Waals surface area contributed by atoms with Crippen molar-refractivity contribution in [2.24, 2.45) is 0 Å². The van der Waals surface area contributed by atoms with Gasteiger partial charge in [0.25, 0.3) is 0 Å². The summed E-state index contributed by atoms with van der Waals surface area (Å²) >= 11 is 0. The molecule has 8 heteroatoms. The number of carbonyl (C=O) groups is 2. The summed E-state index contributed by atoms with van der Waals surface area (Å²) in [4.78, 5) is 26.7. The third-order valence-electron chi connectivity index (χ3n) is 6.52. The molecule has 0 spiro atoms. The minimum Gasteiger partial charge on any atom is -0.338 e. The van der Waals surface area contributed by atoms with Gasteiger partial charge in [-0.3, -0.25) is 9.59 Å². The zero-order chi connectivity index (χ0) is 24.0. The fraction of sp³-hybridized carbons (Fsp3) is 0.462. The van der Waals surface area contributed by atoms with E-state index in [9.17, 15) is 18.0 Å². The van der Waals surface area contributed by atoms with Crippen LogP contribution in [0.3, 0.4) is 0 Å². The van der Waals surface area contributed by atoms with Crippen molar-refractivity contribution in [3.05, 3.63) is 59.7 Å². The Bertz CT molecular complexity index is 1110. The van der Waals surface area contributed by atoms with Gasteiger partial charge in [-0.25, -0.2) is 8.42 Å². The third-order valence-corrected chi connectivity index (χ3v) is 8.44. The van der Waals surface area contributed by atoms with E-state index in [0.717, 1.165) is 55.5 Å². The summed E-state index contributed by atoms with van der Waals surface area (Å²) in [5.74, 6) is 0.0895. The van der Waals surface area contributed by atoms with E-state index in [-0.39, 0.29) is 11.8 Å². The Morgan fingerprint density at radius 2 is 1.62 bits per heavy atom. The lowest BCUT2D eigenvalue weighted by Gasteiger charge is -2.26. The van der Waals surface area contributed by atoms with Gasteiger partial charge in [0.15, 0.2) is 0 Å². The minimum atomic E-state index is -3.44. The van der Waals surface area contributed by atoms with Gasteiger partial charge in [-0.2, -0.15) is 4.31 Å². The fourth-order valence-corrected chi connectivity index (χ4v) is 6.08. The molecule has 0 aromatic heterocycles. The number of hydrogen-bond acceptors (Lipinski definition) is 4. The molecule has 34 heavy (non-hydrogen) atoms. The first-order valence-electron chi connectivity index (χ1n) is 12.2. The average Bonchev–Trinajstić information content (AvgIpc) is 2.85. The Morgan fingerprint density at radius 1 is 0.882 bits per heavy atom. The molecule has 2 fully saturated rings. The first-order valence-corrected chi connectivity index (χ1v) is 13.6. The van der Waals surface area contributed by atoms with E-state index in [2.05, 4.69) is 5.32 Å². The number of piperidine rings is 2. The second-order valence-corrected chi connectivity index (χ2v) is 11.1. The molecule has 2 amide bonds. The molecule has 2 aromatic carbocycles. The number of nitrogens with zero attached hydrogens (tertiary/aromatic N) is 2. The maximum Gasteiger partial charge on any atom is 0.243 e. The molecule has 1 N–H and O–H groups in total. The number of rotatable bonds is 8. The highest BCUT2D eigenvalue weighted by atomic mass is 32.2. The highest BCUT2D eigenvalue weighted by molar-refractivity contribution is 7.89. The van der Waals surface area contributed by atoms with Gasteiger partial charge >= 0.3 is 0 Å². The molecule has 0 aliphatic carbocycles. The van der Waals surface area contributed by atoms with Crippen LogP contribution in [0.4, 0.5) is 5.69 Å². The van der Waals surface area contributed by atoms with Crippen molar-refractivity contribution >= 4 is 27.5 Å². The molecular weight excluding hydrogens is 450 g/mol. The first-order chi connectivity index (χ1) is 16.4. The molecule has 0 saturated carbocycles. The zero-order valence-corrected chi connectivity index (χ0v) is 20.4. The van der Waals surface area contributed by atoms with E-state index in [0.29, 0.717) is 43.8 Å². The lowest BCUT2D eigenvalue weighted by molar-refractivity contribution is -0.133. The number of anilines is 1. The summed E-state index contributed by atoms with van der Waals surface area (Å²) in [5, 5.41) is 2.93. The van der Waals surface area contributed by atoms with Crippen molar-refractivity contribution in [2.75, 3.05) is 25.0 Å². The van der Waals surface area contributed by atoms with E-state index < -0.39 is 10.0 Å². The van der Waals surface area contributed by atoms with E-state index in [1.54, 1.807) is 28.6 Å². The number of sulfonamides is 1. The summed E-state index contributed by atoms with van der Waals surface area (Å²) in [6.45, 7) is 2.52. The second-order valence-electron chi connectivity index (χ2n) is 9.13. The normalized spacial score (nSPS) is 17.5. The monoisotopic (exact) mass is 483 g/mol. The average molecular weight is 484 g/mol. The van der Waals surface area contributed by atoms with E-state index in [1.807, 2.05) is 29.2 Å². The molecule has 4 rings (SSSR count). The van der Waals surface area contributed by atoms with E-state index >= 15 is 0 Å². The topological polar surface area (TPSA) is 86.8 Å². The number of hydrogen-bond donors (Lipinski definition) is 1. The van der Waals surface area contributed by atoms with Gasteiger partial charge in [0, 0.05) is 44.7 Å². The van der Waals surface area contributed by atoms with Gasteiger partial charge in [-0.15, -0.1) is 0 Å². The van der Waals surface area contributed by atoms with Crippen molar-refractivity contribution in [1.29, 1.82) is 0 Å². The number of likely N-dealkylation sites (tertiary alicyclic amines) is 1. The third kappa shape index (κ3) is 6.24. The number of benzene rings is 2. The molecule has 2 saturated heterocycles.